The minimum atomic E-state index is 0. The third-order valence-electron chi connectivity index (χ3n) is 5.18. The van der Waals surface area contributed by atoms with Crippen LogP contribution < -0.4 is 16.0 Å². The van der Waals surface area contributed by atoms with E-state index in [1.165, 1.54) is 38.8 Å². The maximum Gasteiger partial charge on any atom is 0.191 e. The molecule has 10 heteroatoms. The van der Waals surface area contributed by atoms with E-state index in [9.17, 15) is 0 Å². The molecule has 9 nitrogen and oxygen atoms in total. The number of aliphatic imine (C=N–C) groups is 1. The molecule has 0 saturated carbocycles. The number of aromatic nitrogens is 4. The second-order valence-electron chi connectivity index (χ2n) is 7.45. The molecule has 0 amide bonds. The van der Waals surface area contributed by atoms with Gasteiger partial charge in [0.05, 0.1) is 11.6 Å². The summed E-state index contributed by atoms with van der Waals surface area (Å²) in [5.41, 5.74) is 0.828. The first-order valence-corrected chi connectivity index (χ1v) is 10.9. The number of anilines is 1. The summed E-state index contributed by atoms with van der Waals surface area (Å²) in [6.45, 7) is 8.94. The van der Waals surface area contributed by atoms with Gasteiger partial charge < -0.3 is 20.9 Å². The Balaban J connectivity index is 0.00000320. The van der Waals surface area contributed by atoms with Crippen molar-refractivity contribution < 1.29 is 0 Å². The highest BCUT2D eigenvalue weighted by Crippen LogP contribution is 2.17. The smallest absolute Gasteiger partial charge is 0.191 e. The first-order chi connectivity index (χ1) is 14.3. The van der Waals surface area contributed by atoms with E-state index in [1.807, 2.05) is 7.05 Å². The summed E-state index contributed by atoms with van der Waals surface area (Å²) < 4.78 is 1.75. The van der Waals surface area contributed by atoms with Gasteiger partial charge in [0.2, 0.25) is 0 Å². The van der Waals surface area contributed by atoms with E-state index in [-0.39, 0.29) is 24.0 Å². The molecule has 1 aliphatic heterocycles. The van der Waals surface area contributed by atoms with Crippen LogP contribution in [-0.2, 0) is 7.05 Å². The summed E-state index contributed by atoms with van der Waals surface area (Å²) in [4.78, 5) is 15.9. The van der Waals surface area contributed by atoms with Gasteiger partial charge in [-0.25, -0.2) is 9.97 Å². The van der Waals surface area contributed by atoms with Crippen LogP contribution in [0.5, 0.6) is 0 Å². The molecule has 0 bridgehead atoms. The minimum Gasteiger partial charge on any atom is -0.368 e. The van der Waals surface area contributed by atoms with Gasteiger partial charge in [-0.1, -0.05) is 12.8 Å². The number of aryl methyl sites for hydroxylation is 1. The number of guanidine groups is 1. The fourth-order valence-corrected chi connectivity index (χ4v) is 3.65. The molecule has 0 atom stereocenters. The van der Waals surface area contributed by atoms with Crippen LogP contribution in [0.4, 0.5) is 5.82 Å². The molecule has 0 aromatic carbocycles. The van der Waals surface area contributed by atoms with Gasteiger partial charge >= 0.3 is 0 Å². The van der Waals surface area contributed by atoms with E-state index in [1.54, 1.807) is 17.2 Å². The Bertz CT molecular complexity index is 769. The minimum absolute atomic E-state index is 0. The molecule has 3 heterocycles. The topological polar surface area (TPSA) is 95.3 Å². The number of likely N-dealkylation sites (tertiary alicyclic amines) is 1. The van der Waals surface area contributed by atoms with Gasteiger partial charge in [0.15, 0.2) is 11.6 Å². The number of rotatable bonds is 9. The molecular weight excluding hydrogens is 493 g/mol. The van der Waals surface area contributed by atoms with Crippen molar-refractivity contribution in [3.63, 3.8) is 0 Å². The predicted molar refractivity (Wildman–Crippen MR) is 134 cm³/mol. The number of fused-ring (bicyclic) bond motifs is 1. The molecule has 0 aliphatic carbocycles. The first kappa shape index (κ1) is 24.6. The monoisotopic (exact) mass is 529 g/mol. The number of hydrogen-bond donors (Lipinski definition) is 3. The van der Waals surface area contributed by atoms with Crippen molar-refractivity contribution in [2.75, 3.05) is 51.1 Å². The molecule has 3 rings (SSSR count). The van der Waals surface area contributed by atoms with Gasteiger partial charge in [0.1, 0.15) is 12.1 Å². The average Bonchev–Trinajstić information content (AvgIpc) is 2.94. The fraction of sp³-hybridized carbons (Fsp3) is 0.700. The van der Waals surface area contributed by atoms with Crippen molar-refractivity contribution in [1.29, 1.82) is 0 Å². The van der Waals surface area contributed by atoms with Gasteiger partial charge in [-0.3, -0.25) is 9.67 Å². The third kappa shape index (κ3) is 7.53. The van der Waals surface area contributed by atoms with Crippen LogP contribution in [0.2, 0.25) is 0 Å². The number of halogens is 1. The highest BCUT2D eigenvalue weighted by Gasteiger charge is 2.08. The molecule has 30 heavy (non-hydrogen) atoms. The largest absolute Gasteiger partial charge is 0.368 e. The van der Waals surface area contributed by atoms with Crippen molar-refractivity contribution in [2.24, 2.45) is 12.0 Å². The van der Waals surface area contributed by atoms with E-state index in [0.717, 1.165) is 62.0 Å². The second kappa shape index (κ2) is 13.6. The van der Waals surface area contributed by atoms with Gasteiger partial charge in [0.25, 0.3) is 0 Å². The lowest BCUT2D eigenvalue weighted by molar-refractivity contribution is 0.283. The molecule has 3 N–H and O–H groups in total. The van der Waals surface area contributed by atoms with Crippen LogP contribution in [0.1, 0.15) is 39.0 Å². The predicted octanol–water partition coefficient (Wildman–Crippen LogP) is 2.21. The molecule has 168 valence electrons. The molecule has 2 aromatic heterocycles. The van der Waals surface area contributed by atoms with E-state index in [2.05, 4.69) is 42.8 Å². The quantitative estimate of drug-likeness (QED) is 0.199. The number of nitrogens with zero attached hydrogens (tertiary/aromatic N) is 6. The standard InChI is InChI=1S/C20H35N9.HI/c1-3-21-20(23-9-8-14-29-12-6-4-5-7-13-29)24-11-10-22-18-17-15-27-28(2)19(17)26-16-25-18;/h15-16H,3-14H2,1-2H3,(H2,21,23,24)(H,22,25,26);1H. The fourth-order valence-electron chi connectivity index (χ4n) is 3.65. The molecule has 2 aromatic rings. The van der Waals surface area contributed by atoms with E-state index >= 15 is 0 Å². The van der Waals surface area contributed by atoms with E-state index < -0.39 is 0 Å². The Morgan fingerprint density at radius 1 is 1.10 bits per heavy atom. The summed E-state index contributed by atoms with van der Waals surface area (Å²) in [6.07, 6.45) is 9.93. The van der Waals surface area contributed by atoms with Crippen LogP contribution in [0.15, 0.2) is 17.5 Å². The zero-order valence-corrected chi connectivity index (χ0v) is 20.6. The lowest BCUT2D eigenvalue weighted by Gasteiger charge is -2.19. The lowest BCUT2D eigenvalue weighted by atomic mass is 10.2. The summed E-state index contributed by atoms with van der Waals surface area (Å²) in [5.74, 6) is 1.68. The van der Waals surface area contributed by atoms with Crippen molar-refractivity contribution in [1.82, 2.24) is 35.3 Å². The zero-order chi connectivity index (χ0) is 20.3. The lowest BCUT2D eigenvalue weighted by Crippen LogP contribution is -2.39. The number of hydrogen-bond acceptors (Lipinski definition) is 6. The summed E-state index contributed by atoms with van der Waals surface area (Å²) in [7, 11) is 1.88. The molecule has 1 saturated heterocycles. The maximum absolute atomic E-state index is 4.72. The normalized spacial score (nSPS) is 15.5. The van der Waals surface area contributed by atoms with Crippen LogP contribution >= 0.6 is 24.0 Å². The van der Waals surface area contributed by atoms with Crippen molar-refractivity contribution in [3.05, 3.63) is 12.5 Å². The van der Waals surface area contributed by atoms with E-state index in [0.29, 0.717) is 0 Å². The zero-order valence-electron chi connectivity index (χ0n) is 18.2. The number of nitrogens with one attached hydrogen (secondary N) is 3. The molecule has 0 spiro atoms. The highest BCUT2D eigenvalue weighted by atomic mass is 127. The summed E-state index contributed by atoms with van der Waals surface area (Å²) in [6, 6.07) is 0. The highest BCUT2D eigenvalue weighted by molar-refractivity contribution is 14.0. The molecule has 0 unspecified atom stereocenters. The molecule has 1 aliphatic rings. The van der Waals surface area contributed by atoms with Crippen LogP contribution in [0, 0.1) is 0 Å². The summed E-state index contributed by atoms with van der Waals surface area (Å²) >= 11 is 0. The van der Waals surface area contributed by atoms with Crippen LogP contribution in [-0.4, -0.2) is 76.4 Å². The maximum atomic E-state index is 4.72. The van der Waals surface area contributed by atoms with Gasteiger partial charge in [-0.05, 0) is 45.8 Å². The molecule has 1 fully saturated rings. The summed E-state index contributed by atoms with van der Waals surface area (Å²) in [5, 5.41) is 15.2. The Hall–Kier alpha value is -1.69. The Labute approximate surface area is 196 Å². The van der Waals surface area contributed by atoms with E-state index in [4.69, 9.17) is 4.99 Å². The Kier molecular flexibility index (Phi) is 11.1. The molecular formula is C20H36IN9. The van der Waals surface area contributed by atoms with Crippen LogP contribution in [0.3, 0.4) is 0 Å². The van der Waals surface area contributed by atoms with Crippen LogP contribution in [0.25, 0.3) is 11.0 Å². The van der Waals surface area contributed by atoms with Gasteiger partial charge in [-0.2, -0.15) is 5.10 Å². The van der Waals surface area contributed by atoms with Gasteiger partial charge in [0, 0.05) is 33.2 Å². The first-order valence-electron chi connectivity index (χ1n) is 10.9. The third-order valence-corrected chi connectivity index (χ3v) is 5.18. The second-order valence-corrected chi connectivity index (χ2v) is 7.45. The Morgan fingerprint density at radius 3 is 2.67 bits per heavy atom. The van der Waals surface area contributed by atoms with Crippen molar-refractivity contribution in [3.8, 4) is 0 Å². The SMILES string of the molecule is CCNC(=NCCCN1CCCCCC1)NCCNc1ncnc2c1cnn2C.I. The van der Waals surface area contributed by atoms with Gasteiger partial charge in [-0.15, -0.1) is 24.0 Å². The van der Waals surface area contributed by atoms with Crippen molar-refractivity contribution >= 4 is 46.8 Å². The average molecular weight is 529 g/mol. The molecule has 0 radical (unpaired) electrons. The Morgan fingerprint density at radius 2 is 1.90 bits per heavy atom. The van der Waals surface area contributed by atoms with Crippen molar-refractivity contribution in [2.45, 2.75) is 39.0 Å².